The van der Waals surface area contributed by atoms with E-state index in [1.165, 1.54) is 11.3 Å². The molecule has 6 nitrogen and oxygen atoms in total. The second-order valence-corrected chi connectivity index (χ2v) is 5.69. The molecule has 1 aliphatic rings. The summed E-state index contributed by atoms with van der Waals surface area (Å²) >= 11 is 1.30. The number of nitrogens with zero attached hydrogens (tertiary/aromatic N) is 1. The summed E-state index contributed by atoms with van der Waals surface area (Å²) in [4.78, 5) is 16.7. The summed E-state index contributed by atoms with van der Waals surface area (Å²) in [5, 5.41) is 6.82. The predicted molar refractivity (Wildman–Crippen MR) is 76.6 cm³/mol. The predicted octanol–water partition coefficient (Wildman–Crippen LogP) is 1.45. The van der Waals surface area contributed by atoms with Crippen LogP contribution in [0, 0.1) is 0 Å². The molecule has 1 saturated carbocycles. The number of carbonyl (C=O) groups excluding carboxylic acids is 1. The van der Waals surface area contributed by atoms with Gasteiger partial charge in [0.1, 0.15) is 10.7 Å². The number of aromatic nitrogens is 1. The topological polar surface area (TPSA) is 89.3 Å². The van der Waals surface area contributed by atoms with Crippen LogP contribution in [-0.4, -0.2) is 36.2 Å². The first kappa shape index (κ1) is 14.1. The number of carbonyl (C=O) groups is 1. The fraction of sp³-hybridized carbons (Fsp3) is 0.667. The lowest BCUT2D eigenvalue weighted by molar-refractivity contribution is 0.0876. The molecule has 1 heterocycles. The van der Waals surface area contributed by atoms with Gasteiger partial charge in [-0.2, -0.15) is 0 Å². The highest BCUT2D eigenvalue weighted by Gasteiger charge is 2.24. The molecule has 2 rings (SSSR count). The Kier molecular flexibility index (Phi) is 4.60. The monoisotopic (exact) mass is 284 g/mol. The van der Waals surface area contributed by atoms with E-state index in [1.54, 1.807) is 0 Å². The Morgan fingerprint density at radius 3 is 3.00 bits per heavy atom. The van der Waals surface area contributed by atoms with Crippen LogP contribution in [0.4, 0.5) is 10.9 Å². The van der Waals surface area contributed by atoms with Gasteiger partial charge >= 0.3 is 0 Å². The third-order valence-corrected chi connectivity index (χ3v) is 3.72. The molecule has 0 radical (unpaired) electrons. The number of anilines is 2. The highest BCUT2D eigenvalue weighted by Crippen LogP contribution is 2.30. The summed E-state index contributed by atoms with van der Waals surface area (Å²) in [7, 11) is 0. The van der Waals surface area contributed by atoms with E-state index < -0.39 is 0 Å². The van der Waals surface area contributed by atoms with Gasteiger partial charge in [0.05, 0.1) is 6.61 Å². The van der Waals surface area contributed by atoms with Crippen molar-refractivity contribution in [3.8, 4) is 0 Å². The highest BCUT2D eigenvalue weighted by atomic mass is 32.1. The van der Waals surface area contributed by atoms with Crippen LogP contribution < -0.4 is 16.4 Å². The van der Waals surface area contributed by atoms with Crippen molar-refractivity contribution in [3.05, 3.63) is 4.88 Å². The van der Waals surface area contributed by atoms with Crippen molar-refractivity contribution in [2.24, 2.45) is 0 Å². The van der Waals surface area contributed by atoms with Crippen LogP contribution in [0.2, 0.25) is 0 Å². The fourth-order valence-electron chi connectivity index (χ4n) is 1.58. The summed E-state index contributed by atoms with van der Waals surface area (Å²) in [5.74, 6) is 0.0975. The lowest BCUT2D eigenvalue weighted by Gasteiger charge is -2.12. The zero-order chi connectivity index (χ0) is 13.8. The Labute approximate surface area is 116 Å². The minimum Gasteiger partial charge on any atom is -0.382 e. The number of hydrogen-bond acceptors (Lipinski definition) is 6. The molecule has 0 aliphatic heterocycles. The average molecular weight is 284 g/mol. The molecule has 4 N–H and O–H groups in total. The lowest BCUT2D eigenvalue weighted by Crippen LogP contribution is -2.35. The van der Waals surface area contributed by atoms with E-state index in [0.29, 0.717) is 24.1 Å². The SMILES string of the molecule is CCOCC(C)NC(=O)c1sc(NC2CC2)nc1N. The maximum absolute atomic E-state index is 12.0. The molecule has 1 atom stereocenters. The largest absolute Gasteiger partial charge is 0.382 e. The first-order valence-electron chi connectivity index (χ1n) is 6.51. The van der Waals surface area contributed by atoms with E-state index in [0.717, 1.165) is 18.0 Å². The molecular formula is C12H20N4O2S. The van der Waals surface area contributed by atoms with E-state index >= 15 is 0 Å². The normalized spacial score (nSPS) is 16.1. The van der Waals surface area contributed by atoms with Gasteiger partial charge in [-0.05, 0) is 26.7 Å². The van der Waals surface area contributed by atoms with E-state index in [4.69, 9.17) is 10.5 Å². The van der Waals surface area contributed by atoms with E-state index in [1.807, 2.05) is 13.8 Å². The third kappa shape index (κ3) is 4.07. The Hall–Kier alpha value is -1.34. The lowest BCUT2D eigenvalue weighted by atomic mass is 10.3. The number of ether oxygens (including phenoxy) is 1. The van der Waals surface area contributed by atoms with Gasteiger partial charge in [-0.1, -0.05) is 11.3 Å². The zero-order valence-electron chi connectivity index (χ0n) is 11.2. The van der Waals surface area contributed by atoms with Gasteiger partial charge in [-0.15, -0.1) is 0 Å². The minimum absolute atomic E-state index is 0.0474. The molecular weight excluding hydrogens is 264 g/mol. The van der Waals surface area contributed by atoms with Crippen molar-refractivity contribution in [1.82, 2.24) is 10.3 Å². The standard InChI is InChI=1S/C12H20N4O2S/c1-3-18-6-7(2)14-11(17)9-10(13)16-12(19-9)15-8-4-5-8/h7-8H,3-6,13H2,1-2H3,(H,14,17)(H,15,16). The first-order valence-corrected chi connectivity index (χ1v) is 7.33. The van der Waals surface area contributed by atoms with Crippen LogP contribution in [0.5, 0.6) is 0 Å². The van der Waals surface area contributed by atoms with E-state index in [2.05, 4.69) is 15.6 Å². The van der Waals surface area contributed by atoms with Gasteiger partial charge < -0.3 is 21.1 Å². The molecule has 1 amide bonds. The van der Waals surface area contributed by atoms with Gasteiger partial charge in [-0.3, -0.25) is 4.79 Å². The molecule has 1 aliphatic carbocycles. The number of nitrogen functional groups attached to an aromatic ring is 1. The second-order valence-electron chi connectivity index (χ2n) is 4.69. The molecule has 0 bridgehead atoms. The molecule has 1 unspecified atom stereocenters. The van der Waals surface area contributed by atoms with Gasteiger partial charge in [0.15, 0.2) is 5.13 Å². The van der Waals surface area contributed by atoms with Crippen LogP contribution in [0.15, 0.2) is 0 Å². The quantitative estimate of drug-likeness (QED) is 0.705. The maximum atomic E-state index is 12.0. The van der Waals surface area contributed by atoms with Crippen LogP contribution in [0.3, 0.4) is 0 Å². The number of rotatable bonds is 7. The number of nitrogens with two attached hydrogens (primary N) is 1. The van der Waals surface area contributed by atoms with Crippen molar-refractivity contribution >= 4 is 28.2 Å². The molecule has 1 fully saturated rings. The number of thiazole rings is 1. The molecule has 106 valence electrons. The smallest absolute Gasteiger partial charge is 0.265 e. The molecule has 0 spiro atoms. The highest BCUT2D eigenvalue weighted by molar-refractivity contribution is 7.18. The Bertz CT molecular complexity index is 445. The maximum Gasteiger partial charge on any atom is 0.265 e. The van der Waals surface area contributed by atoms with Crippen LogP contribution >= 0.6 is 11.3 Å². The van der Waals surface area contributed by atoms with Crippen molar-refractivity contribution in [1.29, 1.82) is 0 Å². The van der Waals surface area contributed by atoms with Crippen molar-refractivity contribution in [2.75, 3.05) is 24.3 Å². The molecule has 1 aromatic rings. The van der Waals surface area contributed by atoms with Gasteiger partial charge in [0, 0.05) is 18.7 Å². The van der Waals surface area contributed by atoms with E-state index in [-0.39, 0.29) is 17.8 Å². The molecule has 1 aromatic heterocycles. The van der Waals surface area contributed by atoms with Crippen LogP contribution in [-0.2, 0) is 4.74 Å². The van der Waals surface area contributed by atoms with Crippen LogP contribution in [0.25, 0.3) is 0 Å². The Morgan fingerprint density at radius 2 is 2.37 bits per heavy atom. The number of nitrogens with one attached hydrogen (secondary N) is 2. The molecule has 19 heavy (non-hydrogen) atoms. The molecule has 0 saturated heterocycles. The third-order valence-electron chi connectivity index (χ3n) is 2.71. The Balaban J connectivity index is 1.91. The van der Waals surface area contributed by atoms with Crippen molar-refractivity contribution < 1.29 is 9.53 Å². The average Bonchev–Trinajstić information content (AvgIpc) is 3.09. The summed E-state index contributed by atoms with van der Waals surface area (Å²) in [6.45, 7) is 4.95. The molecule has 7 heteroatoms. The van der Waals surface area contributed by atoms with Crippen molar-refractivity contribution in [2.45, 2.75) is 38.8 Å². The minimum atomic E-state index is -0.189. The summed E-state index contributed by atoms with van der Waals surface area (Å²) < 4.78 is 5.26. The summed E-state index contributed by atoms with van der Waals surface area (Å²) in [6.07, 6.45) is 2.32. The van der Waals surface area contributed by atoms with E-state index in [9.17, 15) is 4.79 Å². The molecule has 0 aromatic carbocycles. The van der Waals surface area contributed by atoms with Gasteiger partial charge in [-0.25, -0.2) is 4.98 Å². The number of amides is 1. The summed E-state index contributed by atoms with van der Waals surface area (Å²) in [5.41, 5.74) is 5.78. The van der Waals surface area contributed by atoms with Crippen LogP contribution in [0.1, 0.15) is 36.4 Å². The van der Waals surface area contributed by atoms with Gasteiger partial charge in [0.2, 0.25) is 0 Å². The zero-order valence-corrected chi connectivity index (χ0v) is 12.0. The Morgan fingerprint density at radius 1 is 1.63 bits per heavy atom. The first-order chi connectivity index (χ1) is 9.10. The second kappa shape index (κ2) is 6.21. The summed E-state index contributed by atoms with van der Waals surface area (Å²) in [6, 6.07) is 0.451. The fourth-order valence-corrected chi connectivity index (χ4v) is 2.45. The van der Waals surface area contributed by atoms with Crippen molar-refractivity contribution in [3.63, 3.8) is 0 Å². The number of hydrogen-bond donors (Lipinski definition) is 3. The van der Waals surface area contributed by atoms with Gasteiger partial charge in [0.25, 0.3) is 5.91 Å².